The lowest BCUT2D eigenvalue weighted by molar-refractivity contribution is -0.811. The van der Waals surface area contributed by atoms with Gasteiger partial charge < -0.3 is 4.74 Å². The molecule has 1 aliphatic rings. The summed E-state index contributed by atoms with van der Waals surface area (Å²) in [6.07, 6.45) is 9.40. The van der Waals surface area contributed by atoms with E-state index in [0.29, 0.717) is 6.42 Å². The summed E-state index contributed by atoms with van der Waals surface area (Å²) < 4.78 is 7.85. The van der Waals surface area contributed by atoms with Crippen LogP contribution in [0.15, 0.2) is 55.1 Å². The van der Waals surface area contributed by atoms with Crippen molar-refractivity contribution in [2.45, 2.75) is 31.9 Å². The number of H-pyrrole nitrogens is 1. The van der Waals surface area contributed by atoms with Gasteiger partial charge in [-0.15, -0.1) is 16.0 Å². The highest BCUT2D eigenvalue weighted by atomic mass is 35.5. The Labute approximate surface area is 183 Å². The molecule has 6 nitrogen and oxygen atoms in total. The molecule has 0 amide bonds. The van der Waals surface area contributed by atoms with E-state index in [2.05, 4.69) is 15.1 Å². The Hall–Kier alpha value is -2.61. The van der Waals surface area contributed by atoms with Crippen molar-refractivity contribution in [3.8, 4) is 21.3 Å². The van der Waals surface area contributed by atoms with Gasteiger partial charge >= 0.3 is 6.33 Å². The lowest BCUT2D eigenvalue weighted by atomic mass is 10.1. The number of benzene rings is 1. The van der Waals surface area contributed by atoms with Gasteiger partial charge in [-0.3, -0.25) is 4.98 Å². The Morgan fingerprint density at radius 3 is 2.73 bits per heavy atom. The van der Waals surface area contributed by atoms with E-state index in [1.165, 1.54) is 6.42 Å². The molecule has 0 saturated carbocycles. The van der Waals surface area contributed by atoms with Crippen molar-refractivity contribution in [3.63, 3.8) is 0 Å². The maximum atomic E-state index is 6.05. The van der Waals surface area contributed by atoms with Crippen molar-refractivity contribution < 1.29 is 9.42 Å². The molecule has 4 aromatic rings. The molecular formula is C22H21ClN5OS+. The predicted molar refractivity (Wildman–Crippen MR) is 116 cm³/mol. The number of nitrogens with one attached hydrogen (secondary N) is 1. The van der Waals surface area contributed by atoms with Crippen molar-refractivity contribution >= 4 is 22.9 Å². The number of rotatable bonds is 5. The van der Waals surface area contributed by atoms with Gasteiger partial charge in [-0.05, 0) is 47.7 Å². The van der Waals surface area contributed by atoms with Crippen molar-refractivity contribution in [1.82, 2.24) is 20.1 Å². The maximum absolute atomic E-state index is 6.05. The van der Waals surface area contributed by atoms with Gasteiger partial charge in [0.05, 0.1) is 12.3 Å². The highest BCUT2D eigenvalue weighted by Crippen LogP contribution is 2.35. The van der Waals surface area contributed by atoms with Crippen LogP contribution in [0.4, 0.5) is 0 Å². The summed E-state index contributed by atoms with van der Waals surface area (Å²) in [5.74, 6) is 0.811. The third kappa shape index (κ3) is 4.14. The smallest absolute Gasteiger partial charge is 0.309 e. The Kier molecular flexibility index (Phi) is 5.57. The van der Waals surface area contributed by atoms with Crippen LogP contribution in [0.3, 0.4) is 0 Å². The van der Waals surface area contributed by atoms with Crippen LogP contribution in [0.1, 0.15) is 36.7 Å². The fraction of sp³-hybridized carbons (Fsp3) is 0.273. The van der Waals surface area contributed by atoms with Crippen molar-refractivity contribution in [1.29, 1.82) is 0 Å². The minimum Gasteiger partial charge on any atom is -0.338 e. The standard InChI is InChI=1S/C22H20ClN5OS/c23-17-6-4-15(5-7-17)13-18-20(30-22(26-18)16-8-10-24-11-9-16)21-25-14-28(27-21)19-3-1-2-12-29-19/h4-11,14,19H,1-3,12-13H2/p+1. The van der Waals surface area contributed by atoms with E-state index in [1.54, 1.807) is 23.7 Å². The maximum Gasteiger partial charge on any atom is 0.309 e. The molecule has 0 spiro atoms. The van der Waals surface area contributed by atoms with E-state index in [-0.39, 0.29) is 6.23 Å². The number of ether oxygens (including phenoxy) is 1. The first kappa shape index (κ1) is 19.4. The van der Waals surface area contributed by atoms with E-state index >= 15 is 0 Å². The second kappa shape index (κ2) is 8.63. The van der Waals surface area contributed by atoms with Crippen molar-refractivity contribution in [2.75, 3.05) is 6.61 Å². The van der Waals surface area contributed by atoms with Crippen LogP contribution in [0.25, 0.3) is 21.3 Å². The summed E-state index contributed by atoms with van der Waals surface area (Å²) in [6, 6.07) is 11.9. The summed E-state index contributed by atoms with van der Waals surface area (Å²) in [4.78, 5) is 14.8. The molecule has 1 aromatic carbocycles. The number of hydrogen-bond acceptors (Lipinski definition) is 5. The van der Waals surface area contributed by atoms with Crippen LogP contribution in [0, 0.1) is 0 Å². The molecule has 0 radical (unpaired) electrons. The molecule has 4 heterocycles. The molecule has 0 bridgehead atoms. The van der Waals surface area contributed by atoms with Gasteiger partial charge in [0.15, 0.2) is 0 Å². The van der Waals surface area contributed by atoms with Gasteiger partial charge in [0, 0.05) is 35.8 Å². The summed E-state index contributed by atoms with van der Waals surface area (Å²) in [5, 5.41) is 5.10. The van der Waals surface area contributed by atoms with E-state index in [0.717, 1.165) is 57.0 Å². The van der Waals surface area contributed by atoms with Gasteiger partial charge in [-0.1, -0.05) is 23.7 Å². The van der Waals surface area contributed by atoms with Crippen LogP contribution < -0.4 is 4.68 Å². The lowest BCUT2D eigenvalue weighted by Gasteiger charge is -2.18. The molecule has 1 N–H and O–H groups in total. The Bertz CT molecular complexity index is 1120. The number of pyridine rings is 1. The summed E-state index contributed by atoms with van der Waals surface area (Å²) in [7, 11) is 0. The third-order valence-electron chi connectivity index (χ3n) is 5.14. The molecule has 3 aromatic heterocycles. The topological polar surface area (TPSA) is 67.6 Å². The Morgan fingerprint density at radius 1 is 1.13 bits per heavy atom. The lowest BCUT2D eigenvalue weighted by Crippen LogP contribution is -2.43. The molecular weight excluding hydrogens is 418 g/mol. The average molecular weight is 439 g/mol. The fourth-order valence-electron chi connectivity index (χ4n) is 3.57. The fourth-order valence-corrected chi connectivity index (χ4v) is 4.73. The molecule has 152 valence electrons. The monoisotopic (exact) mass is 438 g/mol. The van der Waals surface area contributed by atoms with Crippen LogP contribution >= 0.6 is 22.9 Å². The third-order valence-corrected chi connectivity index (χ3v) is 6.54. The van der Waals surface area contributed by atoms with Crippen LogP contribution in [0.5, 0.6) is 0 Å². The van der Waals surface area contributed by atoms with Crippen LogP contribution in [-0.4, -0.2) is 26.7 Å². The Balaban J connectivity index is 1.51. The van der Waals surface area contributed by atoms with E-state index < -0.39 is 0 Å². The normalized spacial score (nSPS) is 16.6. The molecule has 1 saturated heterocycles. The molecule has 0 aliphatic carbocycles. The molecule has 1 atom stereocenters. The van der Waals surface area contributed by atoms with Gasteiger partial charge in [0.2, 0.25) is 6.23 Å². The summed E-state index contributed by atoms with van der Waals surface area (Å²) >= 11 is 7.69. The minimum atomic E-state index is 0.0207. The highest BCUT2D eigenvalue weighted by molar-refractivity contribution is 7.18. The predicted octanol–water partition coefficient (Wildman–Crippen LogP) is 4.83. The number of hydrogen-bond donors (Lipinski definition) is 1. The zero-order valence-electron chi connectivity index (χ0n) is 16.3. The molecule has 30 heavy (non-hydrogen) atoms. The van der Waals surface area contributed by atoms with Crippen molar-refractivity contribution in [3.05, 3.63) is 71.4 Å². The SMILES string of the molecule is Clc1ccc(Cc2nc(-c3ccncc3)sc2-c2nc[n+](C3CCCCO3)[nH]2)cc1. The average Bonchev–Trinajstić information content (AvgIpc) is 3.44. The number of aromatic amines is 1. The zero-order chi connectivity index (χ0) is 20.3. The summed E-state index contributed by atoms with van der Waals surface area (Å²) in [5.41, 5.74) is 3.19. The molecule has 5 rings (SSSR count). The number of halogens is 1. The molecule has 1 aliphatic heterocycles. The quantitative estimate of drug-likeness (QED) is 0.453. The summed E-state index contributed by atoms with van der Waals surface area (Å²) in [6.45, 7) is 0.792. The number of nitrogens with zero attached hydrogens (tertiary/aromatic N) is 4. The van der Waals surface area contributed by atoms with Crippen LogP contribution in [0.2, 0.25) is 5.02 Å². The van der Waals surface area contributed by atoms with Crippen molar-refractivity contribution in [2.24, 2.45) is 0 Å². The second-order valence-corrected chi connectivity index (χ2v) is 8.70. The first-order chi connectivity index (χ1) is 14.8. The van der Waals surface area contributed by atoms with Gasteiger partial charge in [0.25, 0.3) is 5.82 Å². The van der Waals surface area contributed by atoms with Gasteiger partial charge in [-0.25, -0.2) is 4.98 Å². The van der Waals surface area contributed by atoms with Gasteiger partial charge in [0.1, 0.15) is 9.88 Å². The second-order valence-electron chi connectivity index (χ2n) is 7.27. The molecule has 1 unspecified atom stereocenters. The minimum absolute atomic E-state index is 0.0207. The molecule has 8 heteroatoms. The zero-order valence-corrected chi connectivity index (χ0v) is 17.9. The Morgan fingerprint density at radius 2 is 1.97 bits per heavy atom. The largest absolute Gasteiger partial charge is 0.338 e. The first-order valence-corrected chi connectivity index (χ1v) is 11.2. The van der Waals surface area contributed by atoms with Gasteiger partial charge in [-0.2, -0.15) is 5.10 Å². The highest BCUT2D eigenvalue weighted by Gasteiger charge is 2.26. The molecule has 1 fully saturated rings. The number of aromatic nitrogens is 5. The van der Waals surface area contributed by atoms with E-state index in [4.69, 9.17) is 21.3 Å². The van der Waals surface area contributed by atoms with E-state index in [9.17, 15) is 0 Å². The first-order valence-electron chi connectivity index (χ1n) is 9.99. The van der Waals surface area contributed by atoms with E-state index in [1.807, 2.05) is 47.4 Å². The van der Waals surface area contributed by atoms with Crippen LogP contribution in [-0.2, 0) is 11.2 Å². The number of thiazole rings is 1.